The first-order valence-corrected chi connectivity index (χ1v) is 4.50. The maximum atomic E-state index is 13.1. The van der Waals surface area contributed by atoms with Crippen LogP contribution in [-0.2, 0) is 4.79 Å². The zero-order valence-electron chi connectivity index (χ0n) is 8.09. The molecule has 80 valence electrons. The van der Waals surface area contributed by atoms with E-state index in [1.54, 1.807) is 6.08 Å². The molecule has 15 heavy (non-hydrogen) atoms. The number of hydrogen-bond donors (Lipinski definition) is 1. The van der Waals surface area contributed by atoms with Crippen molar-refractivity contribution in [3.63, 3.8) is 0 Å². The fourth-order valence-corrected chi connectivity index (χ4v) is 1.05. The first-order valence-electron chi connectivity index (χ1n) is 4.50. The Bertz CT molecular complexity index is 377. The summed E-state index contributed by atoms with van der Waals surface area (Å²) >= 11 is 0. The molecule has 0 bridgehead atoms. The van der Waals surface area contributed by atoms with E-state index in [9.17, 15) is 13.6 Å². The van der Waals surface area contributed by atoms with Crippen LogP contribution in [0.1, 0.15) is 12.8 Å². The van der Waals surface area contributed by atoms with Gasteiger partial charge in [-0.05, 0) is 18.6 Å². The SMILES string of the molecule is C=CCCC(=O)Nc1cccc(F)c1F. The molecule has 0 aromatic heterocycles. The monoisotopic (exact) mass is 211 g/mol. The largest absolute Gasteiger partial charge is 0.323 e. The molecule has 1 N–H and O–H groups in total. The van der Waals surface area contributed by atoms with E-state index in [0.29, 0.717) is 6.42 Å². The van der Waals surface area contributed by atoms with Gasteiger partial charge in [-0.15, -0.1) is 6.58 Å². The molecule has 0 radical (unpaired) electrons. The summed E-state index contributed by atoms with van der Waals surface area (Å²) in [5.74, 6) is -2.37. The lowest BCUT2D eigenvalue weighted by atomic mass is 10.2. The van der Waals surface area contributed by atoms with Gasteiger partial charge in [0, 0.05) is 6.42 Å². The zero-order valence-corrected chi connectivity index (χ0v) is 8.09. The normalized spacial score (nSPS) is 9.73. The number of halogens is 2. The molecule has 0 fully saturated rings. The van der Waals surface area contributed by atoms with Crippen LogP contribution in [0.25, 0.3) is 0 Å². The van der Waals surface area contributed by atoms with Crippen LogP contribution in [0.2, 0.25) is 0 Å². The van der Waals surface area contributed by atoms with Crippen molar-refractivity contribution < 1.29 is 13.6 Å². The third-order valence-electron chi connectivity index (χ3n) is 1.80. The highest BCUT2D eigenvalue weighted by Crippen LogP contribution is 2.16. The number of anilines is 1. The molecule has 0 heterocycles. The number of benzene rings is 1. The Labute approximate surface area is 86.6 Å². The van der Waals surface area contributed by atoms with Gasteiger partial charge in [0.15, 0.2) is 11.6 Å². The van der Waals surface area contributed by atoms with Crippen LogP contribution in [0.15, 0.2) is 30.9 Å². The van der Waals surface area contributed by atoms with Crippen molar-refractivity contribution in [2.75, 3.05) is 5.32 Å². The van der Waals surface area contributed by atoms with Gasteiger partial charge in [-0.1, -0.05) is 12.1 Å². The fourth-order valence-electron chi connectivity index (χ4n) is 1.05. The Morgan fingerprint density at radius 2 is 2.20 bits per heavy atom. The number of carbonyl (C=O) groups is 1. The molecule has 0 spiro atoms. The van der Waals surface area contributed by atoms with Crippen LogP contribution in [-0.4, -0.2) is 5.91 Å². The van der Waals surface area contributed by atoms with E-state index >= 15 is 0 Å². The van der Waals surface area contributed by atoms with Crippen LogP contribution in [0.3, 0.4) is 0 Å². The Hall–Kier alpha value is -1.71. The first-order chi connectivity index (χ1) is 7.15. The Balaban J connectivity index is 2.68. The average molecular weight is 211 g/mol. The van der Waals surface area contributed by atoms with Gasteiger partial charge in [-0.2, -0.15) is 0 Å². The van der Waals surface area contributed by atoms with Crippen molar-refractivity contribution >= 4 is 11.6 Å². The predicted octanol–water partition coefficient (Wildman–Crippen LogP) is 2.87. The Morgan fingerprint density at radius 3 is 2.87 bits per heavy atom. The van der Waals surface area contributed by atoms with Gasteiger partial charge < -0.3 is 5.32 Å². The third kappa shape index (κ3) is 3.16. The molecular weight excluding hydrogens is 200 g/mol. The molecule has 1 rings (SSSR count). The van der Waals surface area contributed by atoms with Crippen LogP contribution in [0.5, 0.6) is 0 Å². The van der Waals surface area contributed by atoms with E-state index in [-0.39, 0.29) is 18.0 Å². The average Bonchev–Trinajstić information content (AvgIpc) is 2.22. The molecule has 1 amide bonds. The van der Waals surface area contributed by atoms with Gasteiger partial charge in [0.2, 0.25) is 5.91 Å². The van der Waals surface area contributed by atoms with Crippen LogP contribution >= 0.6 is 0 Å². The van der Waals surface area contributed by atoms with Gasteiger partial charge in [0.1, 0.15) is 0 Å². The summed E-state index contributed by atoms with van der Waals surface area (Å²) in [6, 6.07) is 3.64. The Morgan fingerprint density at radius 1 is 1.47 bits per heavy atom. The lowest BCUT2D eigenvalue weighted by molar-refractivity contribution is -0.116. The minimum Gasteiger partial charge on any atom is -0.323 e. The highest BCUT2D eigenvalue weighted by molar-refractivity contribution is 5.90. The van der Waals surface area contributed by atoms with Crippen LogP contribution < -0.4 is 5.32 Å². The number of amides is 1. The fraction of sp³-hybridized carbons (Fsp3) is 0.182. The summed E-state index contributed by atoms with van der Waals surface area (Å²) in [6.45, 7) is 3.46. The zero-order chi connectivity index (χ0) is 11.3. The molecule has 0 unspecified atom stereocenters. The number of carbonyl (C=O) groups excluding carboxylic acids is 1. The van der Waals surface area contributed by atoms with Crippen molar-refractivity contribution in [1.29, 1.82) is 0 Å². The second-order valence-electron chi connectivity index (χ2n) is 2.98. The topological polar surface area (TPSA) is 29.1 Å². The highest BCUT2D eigenvalue weighted by atomic mass is 19.2. The number of allylic oxidation sites excluding steroid dienone is 1. The van der Waals surface area contributed by atoms with Gasteiger partial charge >= 0.3 is 0 Å². The van der Waals surface area contributed by atoms with Crippen LogP contribution in [0, 0.1) is 11.6 Å². The third-order valence-corrected chi connectivity index (χ3v) is 1.80. The molecular formula is C11H11F2NO. The first kappa shape index (κ1) is 11.4. The smallest absolute Gasteiger partial charge is 0.224 e. The van der Waals surface area contributed by atoms with Crippen molar-refractivity contribution in [2.45, 2.75) is 12.8 Å². The second kappa shape index (κ2) is 5.24. The lowest BCUT2D eigenvalue weighted by Gasteiger charge is -2.05. The molecule has 0 atom stereocenters. The highest BCUT2D eigenvalue weighted by Gasteiger charge is 2.09. The summed E-state index contributed by atoms with van der Waals surface area (Å²) in [5, 5.41) is 2.28. The molecule has 0 aliphatic carbocycles. The quantitative estimate of drug-likeness (QED) is 0.762. The van der Waals surface area contributed by atoms with Gasteiger partial charge in [0.05, 0.1) is 5.69 Å². The molecule has 1 aromatic rings. The van der Waals surface area contributed by atoms with Crippen LogP contribution in [0.4, 0.5) is 14.5 Å². The predicted molar refractivity (Wildman–Crippen MR) is 54.4 cm³/mol. The lowest BCUT2D eigenvalue weighted by Crippen LogP contribution is -2.12. The number of rotatable bonds is 4. The number of nitrogens with one attached hydrogen (secondary N) is 1. The maximum Gasteiger partial charge on any atom is 0.224 e. The molecule has 0 aliphatic rings. The van der Waals surface area contributed by atoms with E-state index in [1.165, 1.54) is 12.1 Å². The van der Waals surface area contributed by atoms with Crippen molar-refractivity contribution in [3.05, 3.63) is 42.5 Å². The van der Waals surface area contributed by atoms with E-state index < -0.39 is 11.6 Å². The summed E-state index contributed by atoms with van der Waals surface area (Å²) in [5.41, 5.74) is -0.135. The van der Waals surface area contributed by atoms with Gasteiger partial charge in [0.25, 0.3) is 0 Å². The Kier molecular flexibility index (Phi) is 3.97. The summed E-state index contributed by atoms with van der Waals surface area (Å²) in [6.07, 6.45) is 2.30. The summed E-state index contributed by atoms with van der Waals surface area (Å²) in [7, 11) is 0. The molecule has 0 saturated carbocycles. The maximum absolute atomic E-state index is 13.1. The van der Waals surface area contributed by atoms with E-state index in [1.807, 2.05) is 0 Å². The van der Waals surface area contributed by atoms with E-state index in [2.05, 4.69) is 11.9 Å². The van der Waals surface area contributed by atoms with Gasteiger partial charge in [-0.25, -0.2) is 8.78 Å². The minimum atomic E-state index is -1.04. The summed E-state index contributed by atoms with van der Waals surface area (Å²) < 4.78 is 25.8. The molecule has 4 heteroatoms. The van der Waals surface area contributed by atoms with Crippen molar-refractivity contribution in [3.8, 4) is 0 Å². The summed E-state index contributed by atoms with van der Waals surface area (Å²) in [4.78, 5) is 11.2. The minimum absolute atomic E-state index is 0.135. The molecule has 1 aromatic carbocycles. The van der Waals surface area contributed by atoms with E-state index in [4.69, 9.17) is 0 Å². The molecule has 0 aliphatic heterocycles. The van der Waals surface area contributed by atoms with Gasteiger partial charge in [-0.3, -0.25) is 4.79 Å². The molecule has 2 nitrogen and oxygen atoms in total. The van der Waals surface area contributed by atoms with Crippen molar-refractivity contribution in [2.24, 2.45) is 0 Å². The standard InChI is InChI=1S/C11H11F2NO/c1-2-3-7-10(15)14-9-6-4-5-8(12)11(9)13/h2,4-6H,1,3,7H2,(H,14,15). The number of hydrogen-bond acceptors (Lipinski definition) is 1. The van der Waals surface area contributed by atoms with E-state index in [0.717, 1.165) is 6.07 Å². The molecule has 0 saturated heterocycles. The second-order valence-corrected chi connectivity index (χ2v) is 2.98. The van der Waals surface area contributed by atoms with Crippen molar-refractivity contribution in [1.82, 2.24) is 0 Å².